The van der Waals surface area contributed by atoms with Crippen molar-refractivity contribution in [2.75, 3.05) is 0 Å². The number of ether oxygens (including phenoxy) is 1. The number of benzene rings is 1. The molecule has 1 unspecified atom stereocenters. The maximum absolute atomic E-state index is 12.8. The minimum Gasteiger partial charge on any atom is -0.435 e. The van der Waals surface area contributed by atoms with E-state index in [0.29, 0.717) is 22.7 Å². The molecule has 0 saturated carbocycles. The third kappa shape index (κ3) is 4.05. The Bertz CT molecular complexity index is 994. The van der Waals surface area contributed by atoms with Gasteiger partial charge in [-0.15, -0.1) is 0 Å². The number of nitrogens with zero attached hydrogens (tertiary/aromatic N) is 2. The number of carbonyl (C=O) groups excluding carboxylic acids is 1. The van der Waals surface area contributed by atoms with Gasteiger partial charge in [-0.05, 0) is 51.5 Å². The molecule has 0 spiro atoms. The lowest BCUT2D eigenvalue weighted by molar-refractivity contribution is -0.0499. The van der Waals surface area contributed by atoms with Crippen molar-refractivity contribution in [2.24, 2.45) is 0 Å². The highest BCUT2D eigenvalue weighted by molar-refractivity contribution is 5.96. The summed E-state index contributed by atoms with van der Waals surface area (Å²) in [6.07, 6.45) is 0. The molecule has 0 saturated heterocycles. The number of halogens is 2. The van der Waals surface area contributed by atoms with Crippen molar-refractivity contribution in [2.45, 2.75) is 40.3 Å². The number of alkyl halides is 2. The molecule has 1 atom stereocenters. The summed E-state index contributed by atoms with van der Waals surface area (Å²) in [4.78, 5) is 12.8. The summed E-state index contributed by atoms with van der Waals surface area (Å²) < 4.78 is 36.2. The van der Waals surface area contributed by atoms with Gasteiger partial charge in [0.05, 0.1) is 11.6 Å². The van der Waals surface area contributed by atoms with Gasteiger partial charge in [-0.3, -0.25) is 9.36 Å². The van der Waals surface area contributed by atoms with Crippen molar-refractivity contribution >= 4 is 5.91 Å². The van der Waals surface area contributed by atoms with Gasteiger partial charge in [-0.25, -0.2) is 0 Å². The zero-order valence-electron chi connectivity index (χ0n) is 16.0. The SMILES string of the molecule is Cc1cc(-n2c(C)cc(C(=O)NC(C)c3cccc(OC(F)F)c3)c2C)no1. The van der Waals surface area contributed by atoms with Crippen LogP contribution < -0.4 is 10.1 Å². The minimum atomic E-state index is -2.90. The molecule has 148 valence electrons. The third-order valence-corrected chi connectivity index (χ3v) is 4.45. The molecular weight excluding hydrogens is 368 g/mol. The van der Waals surface area contributed by atoms with Crippen LogP contribution >= 0.6 is 0 Å². The largest absolute Gasteiger partial charge is 0.435 e. The van der Waals surface area contributed by atoms with Crippen LogP contribution in [0.2, 0.25) is 0 Å². The van der Waals surface area contributed by atoms with E-state index in [-0.39, 0.29) is 11.7 Å². The van der Waals surface area contributed by atoms with E-state index in [1.165, 1.54) is 12.1 Å². The summed E-state index contributed by atoms with van der Waals surface area (Å²) in [5, 5.41) is 6.90. The summed E-state index contributed by atoms with van der Waals surface area (Å²) in [7, 11) is 0. The first kappa shape index (κ1) is 19.6. The van der Waals surface area contributed by atoms with Gasteiger partial charge in [0.2, 0.25) is 0 Å². The Balaban J connectivity index is 1.80. The van der Waals surface area contributed by atoms with Crippen LogP contribution in [0.4, 0.5) is 8.78 Å². The maximum Gasteiger partial charge on any atom is 0.387 e. The Kier molecular flexibility index (Phi) is 5.48. The molecule has 1 amide bonds. The Labute approximate surface area is 161 Å². The van der Waals surface area contributed by atoms with Gasteiger partial charge in [0.1, 0.15) is 11.5 Å². The number of amides is 1. The maximum atomic E-state index is 12.8. The number of aryl methyl sites for hydroxylation is 2. The molecule has 6 nitrogen and oxygen atoms in total. The minimum absolute atomic E-state index is 0.0492. The van der Waals surface area contributed by atoms with E-state index in [0.717, 1.165) is 11.4 Å². The summed E-state index contributed by atoms with van der Waals surface area (Å²) in [6, 6.07) is 9.44. The number of nitrogens with one attached hydrogen (secondary N) is 1. The summed E-state index contributed by atoms with van der Waals surface area (Å²) in [6.45, 7) is 4.38. The highest BCUT2D eigenvalue weighted by Crippen LogP contribution is 2.23. The Hall–Kier alpha value is -3.16. The first-order chi connectivity index (χ1) is 13.3. The Morgan fingerprint density at radius 2 is 1.96 bits per heavy atom. The second-order valence-corrected chi connectivity index (χ2v) is 6.56. The molecule has 0 aliphatic carbocycles. The number of hydrogen-bond donors (Lipinski definition) is 1. The monoisotopic (exact) mass is 389 g/mol. The smallest absolute Gasteiger partial charge is 0.387 e. The molecule has 0 bridgehead atoms. The van der Waals surface area contributed by atoms with Crippen LogP contribution in [0.25, 0.3) is 5.82 Å². The van der Waals surface area contributed by atoms with Gasteiger partial charge < -0.3 is 14.6 Å². The predicted octanol–water partition coefficient (Wildman–Crippen LogP) is 4.48. The second kappa shape index (κ2) is 7.84. The van der Waals surface area contributed by atoms with Gasteiger partial charge in [0.15, 0.2) is 5.82 Å². The van der Waals surface area contributed by atoms with Crippen molar-refractivity contribution in [1.29, 1.82) is 0 Å². The van der Waals surface area contributed by atoms with Crippen LogP contribution in [-0.4, -0.2) is 22.2 Å². The summed E-state index contributed by atoms with van der Waals surface area (Å²) in [5.74, 6) is 1.06. The molecule has 1 aromatic carbocycles. The number of carbonyl (C=O) groups is 1. The fourth-order valence-electron chi connectivity index (χ4n) is 3.12. The van der Waals surface area contributed by atoms with E-state index in [9.17, 15) is 13.6 Å². The van der Waals surface area contributed by atoms with Crippen molar-refractivity contribution in [3.63, 3.8) is 0 Å². The van der Waals surface area contributed by atoms with Crippen molar-refractivity contribution < 1.29 is 22.8 Å². The van der Waals surface area contributed by atoms with Gasteiger partial charge >= 0.3 is 6.61 Å². The van der Waals surface area contributed by atoms with Crippen molar-refractivity contribution in [1.82, 2.24) is 15.0 Å². The molecule has 3 rings (SSSR count). The average molecular weight is 389 g/mol. The molecule has 0 radical (unpaired) electrons. The highest BCUT2D eigenvalue weighted by atomic mass is 19.3. The van der Waals surface area contributed by atoms with Crippen LogP contribution in [0.3, 0.4) is 0 Å². The standard InChI is InChI=1S/C20H21F2N3O3/c1-11-8-17(14(4)25(11)18-9-12(2)28-24-18)19(26)23-13(3)15-6-5-7-16(10-15)27-20(21)22/h5-10,13,20H,1-4H3,(H,23,26). The summed E-state index contributed by atoms with van der Waals surface area (Å²) >= 11 is 0. The fourth-order valence-corrected chi connectivity index (χ4v) is 3.12. The van der Waals surface area contributed by atoms with E-state index in [1.54, 1.807) is 38.1 Å². The van der Waals surface area contributed by atoms with E-state index < -0.39 is 12.7 Å². The van der Waals surface area contributed by atoms with E-state index in [4.69, 9.17) is 4.52 Å². The quantitative estimate of drug-likeness (QED) is 0.675. The lowest BCUT2D eigenvalue weighted by atomic mass is 10.1. The molecule has 0 aliphatic rings. The first-order valence-corrected chi connectivity index (χ1v) is 8.74. The summed E-state index contributed by atoms with van der Waals surface area (Å²) in [5.41, 5.74) is 2.73. The van der Waals surface area contributed by atoms with E-state index in [1.807, 2.05) is 18.4 Å². The van der Waals surface area contributed by atoms with Crippen molar-refractivity contribution in [3.8, 4) is 11.6 Å². The van der Waals surface area contributed by atoms with E-state index >= 15 is 0 Å². The Morgan fingerprint density at radius 3 is 2.61 bits per heavy atom. The number of hydrogen-bond acceptors (Lipinski definition) is 4. The molecule has 0 fully saturated rings. The lowest BCUT2D eigenvalue weighted by Gasteiger charge is -2.15. The third-order valence-electron chi connectivity index (χ3n) is 4.45. The topological polar surface area (TPSA) is 69.3 Å². The molecule has 2 aromatic heterocycles. The normalized spacial score (nSPS) is 12.2. The predicted molar refractivity (Wildman–Crippen MR) is 99.0 cm³/mol. The molecular formula is C20H21F2N3O3. The van der Waals surface area contributed by atoms with E-state index in [2.05, 4.69) is 15.2 Å². The van der Waals surface area contributed by atoms with Gasteiger partial charge in [0, 0.05) is 17.5 Å². The lowest BCUT2D eigenvalue weighted by Crippen LogP contribution is -2.27. The van der Waals surface area contributed by atoms with Gasteiger partial charge in [-0.1, -0.05) is 17.3 Å². The zero-order valence-corrected chi connectivity index (χ0v) is 16.0. The molecule has 1 N–H and O–H groups in total. The van der Waals surface area contributed by atoms with Crippen LogP contribution in [0.1, 0.15) is 46.0 Å². The van der Waals surface area contributed by atoms with Crippen LogP contribution in [-0.2, 0) is 0 Å². The second-order valence-electron chi connectivity index (χ2n) is 6.56. The highest BCUT2D eigenvalue weighted by Gasteiger charge is 2.20. The number of rotatable bonds is 6. The Morgan fingerprint density at radius 1 is 1.21 bits per heavy atom. The fraction of sp³-hybridized carbons (Fsp3) is 0.300. The van der Waals surface area contributed by atoms with Crippen molar-refractivity contribution in [3.05, 3.63) is 64.7 Å². The molecule has 2 heterocycles. The zero-order chi connectivity index (χ0) is 20.4. The molecule has 3 aromatic rings. The number of aromatic nitrogens is 2. The van der Waals surface area contributed by atoms with Gasteiger partial charge in [0.25, 0.3) is 5.91 Å². The average Bonchev–Trinajstić information content (AvgIpc) is 3.17. The molecule has 8 heteroatoms. The van der Waals surface area contributed by atoms with Gasteiger partial charge in [-0.2, -0.15) is 8.78 Å². The molecule has 0 aliphatic heterocycles. The van der Waals surface area contributed by atoms with Crippen LogP contribution in [0, 0.1) is 20.8 Å². The van der Waals surface area contributed by atoms with Crippen LogP contribution in [0.5, 0.6) is 5.75 Å². The van der Waals surface area contributed by atoms with Crippen LogP contribution in [0.15, 0.2) is 40.9 Å². The first-order valence-electron chi connectivity index (χ1n) is 8.74. The molecule has 28 heavy (non-hydrogen) atoms.